The van der Waals surface area contributed by atoms with Crippen LogP contribution in [-0.4, -0.2) is 35.1 Å². The Labute approximate surface area is 101 Å². The first kappa shape index (κ1) is 12.4. The van der Waals surface area contributed by atoms with Gasteiger partial charge in [0.15, 0.2) is 0 Å². The van der Waals surface area contributed by atoms with E-state index in [1.165, 1.54) is 38.6 Å². The summed E-state index contributed by atoms with van der Waals surface area (Å²) in [6.45, 7) is 11.9. The van der Waals surface area contributed by atoms with E-state index in [4.69, 9.17) is 0 Å². The molecule has 1 N–H and O–H groups in total. The number of hydrogen-bond donors (Lipinski definition) is 1. The predicted molar refractivity (Wildman–Crippen MR) is 69.7 cm³/mol. The second kappa shape index (κ2) is 4.30. The number of hydrogen-bond acceptors (Lipinski definition) is 2. The Morgan fingerprint density at radius 1 is 1.25 bits per heavy atom. The zero-order chi connectivity index (χ0) is 11.8. The molecule has 1 atom stereocenters. The van der Waals surface area contributed by atoms with Crippen LogP contribution in [0.1, 0.15) is 59.8 Å². The fourth-order valence-electron chi connectivity index (χ4n) is 3.46. The lowest BCUT2D eigenvalue weighted by Crippen LogP contribution is -2.68. The first-order valence-corrected chi connectivity index (χ1v) is 7.01. The quantitative estimate of drug-likeness (QED) is 0.776. The van der Waals surface area contributed by atoms with Crippen LogP contribution >= 0.6 is 0 Å². The normalized spacial score (nSPS) is 30.8. The summed E-state index contributed by atoms with van der Waals surface area (Å²) in [5.74, 6) is 0. The minimum atomic E-state index is 0.323. The van der Waals surface area contributed by atoms with E-state index in [0.717, 1.165) is 12.6 Å². The summed E-state index contributed by atoms with van der Waals surface area (Å²) < 4.78 is 0. The Bertz CT molecular complexity index is 241. The molecule has 0 amide bonds. The molecular formula is C14H28N2. The molecule has 1 unspecified atom stereocenters. The lowest BCUT2D eigenvalue weighted by Gasteiger charge is -2.53. The second-order valence-corrected chi connectivity index (χ2v) is 6.54. The van der Waals surface area contributed by atoms with Crippen molar-refractivity contribution >= 4 is 0 Å². The minimum absolute atomic E-state index is 0.323. The van der Waals surface area contributed by atoms with Gasteiger partial charge in [0.1, 0.15) is 0 Å². The Morgan fingerprint density at radius 3 is 2.44 bits per heavy atom. The van der Waals surface area contributed by atoms with Crippen molar-refractivity contribution in [2.75, 3.05) is 13.1 Å². The van der Waals surface area contributed by atoms with Crippen LogP contribution in [0.2, 0.25) is 0 Å². The zero-order valence-electron chi connectivity index (χ0n) is 11.5. The molecule has 16 heavy (non-hydrogen) atoms. The molecule has 0 aromatic rings. The first-order valence-electron chi connectivity index (χ1n) is 7.01. The molecule has 1 heterocycles. The molecule has 0 bridgehead atoms. The molecule has 1 spiro atoms. The third kappa shape index (κ3) is 2.14. The SMILES string of the molecule is CCC(C)N1CC2(CCCC2)NCC1(C)C. The van der Waals surface area contributed by atoms with E-state index in [2.05, 4.69) is 37.9 Å². The average Bonchev–Trinajstić information content (AvgIpc) is 2.70. The third-order valence-corrected chi connectivity index (χ3v) is 4.83. The van der Waals surface area contributed by atoms with Crippen LogP contribution in [0, 0.1) is 0 Å². The molecule has 2 nitrogen and oxygen atoms in total. The molecule has 2 aliphatic rings. The Hall–Kier alpha value is -0.0800. The highest BCUT2D eigenvalue weighted by Gasteiger charge is 2.45. The van der Waals surface area contributed by atoms with Crippen molar-refractivity contribution in [2.24, 2.45) is 0 Å². The van der Waals surface area contributed by atoms with Crippen molar-refractivity contribution in [1.29, 1.82) is 0 Å². The van der Waals surface area contributed by atoms with E-state index in [1.54, 1.807) is 0 Å². The zero-order valence-corrected chi connectivity index (χ0v) is 11.5. The van der Waals surface area contributed by atoms with Crippen LogP contribution in [0.5, 0.6) is 0 Å². The molecule has 94 valence electrons. The predicted octanol–water partition coefficient (Wildman–Crippen LogP) is 2.78. The van der Waals surface area contributed by atoms with Crippen molar-refractivity contribution in [3.63, 3.8) is 0 Å². The van der Waals surface area contributed by atoms with Gasteiger partial charge >= 0.3 is 0 Å². The van der Waals surface area contributed by atoms with Crippen molar-refractivity contribution in [3.05, 3.63) is 0 Å². The van der Waals surface area contributed by atoms with E-state index >= 15 is 0 Å². The maximum atomic E-state index is 3.85. The smallest absolute Gasteiger partial charge is 0.0309 e. The van der Waals surface area contributed by atoms with Gasteiger partial charge in [-0.15, -0.1) is 0 Å². The van der Waals surface area contributed by atoms with Crippen LogP contribution < -0.4 is 5.32 Å². The fraction of sp³-hybridized carbons (Fsp3) is 1.00. The lowest BCUT2D eigenvalue weighted by molar-refractivity contribution is -0.00181. The van der Waals surface area contributed by atoms with E-state index in [-0.39, 0.29) is 0 Å². The second-order valence-electron chi connectivity index (χ2n) is 6.54. The summed E-state index contributed by atoms with van der Waals surface area (Å²) >= 11 is 0. The topological polar surface area (TPSA) is 15.3 Å². The summed E-state index contributed by atoms with van der Waals surface area (Å²) in [5, 5.41) is 3.85. The summed E-state index contributed by atoms with van der Waals surface area (Å²) in [6, 6.07) is 0.717. The molecule has 2 fully saturated rings. The molecule has 2 rings (SSSR count). The standard InChI is InChI=1S/C14H28N2/c1-5-12(2)16-11-14(8-6-7-9-14)15-10-13(16,3)4/h12,15H,5-11H2,1-4H3. The van der Waals surface area contributed by atoms with Gasteiger partial charge in [0.05, 0.1) is 0 Å². The van der Waals surface area contributed by atoms with Gasteiger partial charge in [0, 0.05) is 30.2 Å². The van der Waals surface area contributed by atoms with Gasteiger partial charge < -0.3 is 5.32 Å². The number of nitrogens with zero attached hydrogens (tertiary/aromatic N) is 1. The number of rotatable bonds is 2. The van der Waals surface area contributed by atoms with Crippen LogP contribution in [-0.2, 0) is 0 Å². The Morgan fingerprint density at radius 2 is 1.88 bits per heavy atom. The van der Waals surface area contributed by atoms with Crippen molar-refractivity contribution in [3.8, 4) is 0 Å². The maximum absolute atomic E-state index is 3.85. The van der Waals surface area contributed by atoms with Gasteiger partial charge in [-0.05, 0) is 40.0 Å². The van der Waals surface area contributed by atoms with Gasteiger partial charge in [-0.2, -0.15) is 0 Å². The molecule has 0 aromatic carbocycles. The molecular weight excluding hydrogens is 196 g/mol. The van der Waals surface area contributed by atoms with Crippen LogP contribution in [0.15, 0.2) is 0 Å². The van der Waals surface area contributed by atoms with E-state index in [1.807, 2.05) is 0 Å². The average molecular weight is 224 g/mol. The highest BCUT2D eigenvalue weighted by molar-refractivity contribution is 5.05. The van der Waals surface area contributed by atoms with Gasteiger partial charge in [-0.3, -0.25) is 4.90 Å². The molecule has 0 aromatic heterocycles. The Balaban J connectivity index is 2.12. The number of piperazine rings is 1. The highest BCUT2D eigenvalue weighted by atomic mass is 15.3. The van der Waals surface area contributed by atoms with Gasteiger partial charge in [0.25, 0.3) is 0 Å². The fourth-order valence-corrected chi connectivity index (χ4v) is 3.46. The highest BCUT2D eigenvalue weighted by Crippen LogP contribution is 2.36. The Kier molecular flexibility index (Phi) is 3.33. The van der Waals surface area contributed by atoms with Gasteiger partial charge in [0.2, 0.25) is 0 Å². The van der Waals surface area contributed by atoms with E-state index in [9.17, 15) is 0 Å². The lowest BCUT2D eigenvalue weighted by atomic mass is 9.86. The number of nitrogens with one attached hydrogen (secondary N) is 1. The van der Waals surface area contributed by atoms with E-state index < -0.39 is 0 Å². The monoisotopic (exact) mass is 224 g/mol. The molecule has 1 saturated carbocycles. The third-order valence-electron chi connectivity index (χ3n) is 4.83. The molecule has 1 saturated heterocycles. The molecule has 1 aliphatic heterocycles. The van der Waals surface area contributed by atoms with Crippen molar-refractivity contribution in [1.82, 2.24) is 10.2 Å². The van der Waals surface area contributed by atoms with Crippen molar-refractivity contribution < 1.29 is 0 Å². The summed E-state index contributed by atoms with van der Waals surface area (Å²) in [5.41, 5.74) is 0.780. The van der Waals surface area contributed by atoms with Crippen LogP contribution in [0.3, 0.4) is 0 Å². The first-order chi connectivity index (χ1) is 7.49. The maximum Gasteiger partial charge on any atom is 0.0309 e. The molecule has 2 heteroatoms. The summed E-state index contributed by atoms with van der Waals surface area (Å²) in [7, 11) is 0. The summed E-state index contributed by atoms with van der Waals surface area (Å²) in [6.07, 6.45) is 6.87. The van der Waals surface area contributed by atoms with Crippen LogP contribution in [0.4, 0.5) is 0 Å². The minimum Gasteiger partial charge on any atom is -0.308 e. The largest absolute Gasteiger partial charge is 0.308 e. The summed E-state index contributed by atoms with van der Waals surface area (Å²) in [4.78, 5) is 2.74. The molecule has 1 aliphatic carbocycles. The van der Waals surface area contributed by atoms with E-state index in [0.29, 0.717) is 11.1 Å². The van der Waals surface area contributed by atoms with Crippen LogP contribution in [0.25, 0.3) is 0 Å². The van der Waals surface area contributed by atoms with Crippen molar-refractivity contribution in [2.45, 2.75) is 76.9 Å². The van der Waals surface area contributed by atoms with Gasteiger partial charge in [-0.1, -0.05) is 19.8 Å². The molecule has 0 radical (unpaired) electrons. The van der Waals surface area contributed by atoms with Gasteiger partial charge in [-0.25, -0.2) is 0 Å².